The molecule has 0 saturated carbocycles. The zero-order valence-corrected chi connectivity index (χ0v) is 11.9. The van der Waals surface area contributed by atoms with E-state index >= 15 is 0 Å². The molecule has 0 spiro atoms. The number of hydrogen-bond acceptors (Lipinski definition) is 0. The molecule has 2 aromatic carbocycles. The van der Waals surface area contributed by atoms with Crippen LogP contribution in [0.3, 0.4) is 0 Å². The molecule has 0 nitrogen and oxygen atoms in total. The summed E-state index contributed by atoms with van der Waals surface area (Å²) in [5.74, 6) is 0.554. The maximum absolute atomic E-state index is 2.35. The van der Waals surface area contributed by atoms with Crippen molar-refractivity contribution in [3.05, 3.63) is 64.7 Å². The number of fused-ring (bicyclic) bond motifs is 1. The SMILES string of the molecule is CC1=Cc2c(cccc2-c2ccccc2C(C)C)C1. The van der Waals surface area contributed by atoms with Gasteiger partial charge >= 0.3 is 0 Å². The van der Waals surface area contributed by atoms with E-state index in [0.717, 1.165) is 6.42 Å². The lowest BCUT2D eigenvalue weighted by Gasteiger charge is -2.15. The molecule has 2 aromatic rings. The molecule has 0 amide bonds. The van der Waals surface area contributed by atoms with Crippen LogP contribution in [0.25, 0.3) is 17.2 Å². The first kappa shape index (κ1) is 12.2. The van der Waals surface area contributed by atoms with Crippen molar-refractivity contribution in [2.45, 2.75) is 33.1 Å². The van der Waals surface area contributed by atoms with Gasteiger partial charge in [-0.25, -0.2) is 0 Å². The Morgan fingerprint density at radius 3 is 2.42 bits per heavy atom. The summed E-state index contributed by atoms with van der Waals surface area (Å²) in [6, 6.07) is 15.5. The van der Waals surface area contributed by atoms with Crippen molar-refractivity contribution in [3.63, 3.8) is 0 Å². The van der Waals surface area contributed by atoms with Gasteiger partial charge in [-0.15, -0.1) is 0 Å². The Kier molecular flexibility index (Phi) is 3.02. The highest BCUT2D eigenvalue weighted by atomic mass is 14.2. The second kappa shape index (κ2) is 4.70. The number of rotatable bonds is 2. The molecule has 0 aliphatic heterocycles. The van der Waals surface area contributed by atoms with E-state index in [9.17, 15) is 0 Å². The maximum atomic E-state index is 2.35. The summed E-state index contributed by atoms with van der Waals surface area (Å²) in [7, 11) is 0. The normalized spacial score (nSPS) is 13.6. The van der Waals surface area contributed by atoms with Gasteiger partial charge in [-0.05, 0) is 47.1 Å². The van der Waals surface area contributed by atoms with Crippen molar-refractivity contribution in [2.75, 3.05) is 0 Å². The minimum atomic E-state index is 0.554. The van der Waals surface area contributed by atoms with Crippen molar-refractivity contribution in [1.29, 1.82) is 0 Å². The maximum Gasteiger partial charge on any atom is -0.00604 e. The first-order chi connectivity index (χ1) is 9.16. The lowest BCUT2D eigenvalue weighted by Crippen LogP contribution is -1.94. The summed E-state index contributed by atoms with van der Waals surface area (Å²) in [6.07, 6.45) is 3.45. The molecule has 0 heteroatoms. The average molecular weight is 248 g/mol. The smallest absolute Gasteiger partial charge is 0.00604 e. The van der Waals surface area contributed by atoms with Crippen LogP contribution >= 0.6 is 0 Å². The lowest BCUT2D eigenvalue weighted by molar-refractivity contribution is 0.869. The summed E-state index contributed by atoms with van der Waals surface area (Å²) in [5, 5.41) is 0. The van der Waals surface area contributed by atoms with Crippen molar-refractivity contribution < 1.29 is 0 Å². The van der Waals surface area contributed by atoms with Gasteiger partial charge in [0.05, 0.1) is 0 Å². The third-order valence-corrected chi connectivity index (χ3v) is 3.93. The highest BCUT2D eigenvalue weighted by Gasteiger charge is 2.16. The Morgan fingerprint density at radius 1 is 0.895 bits per heavy atom. The second-order valence-electron chi connectivity index (χ2n) is 5.79. The minimum absolute atomic E-state index is 0.554. The van der Waals surface area contributed by atoms with E-state index < -0.39 is 0 Å². The minimum Gasteiger partial charge on any atom is -0.0683 e. The molecule has 1 aliphatic rings. The van der Waals surface area contributed by atoms with Crippen LogP contribution in [0.2, 0.25) is 0 Å². The van der Waals surface area contributed by atoms with Crippen molar-refractivity contribution in [1.82, 2.24) is 0 Å². The molecule has 0 heterocycles. The number of benzene rings is 2. The topological polar surface area (TPSA) is 0 Å². The molecular formula is C19H20. The molecule has 0 aromatic heterocycles. The molecule has 0 saturated heterocycles. The molecule has 0 fully saturated rings. The van der Waals surface area contributed by atoms with Gasteiger partial charge in [0.15, 0.2) is 0 Å². The Bertz CT molecular complexity index is 645. The lowest BCUT2D eigenvalue weighted by atomic mass is 9.89. The Hall–Kier alpha value is -1.82. The molecule has 19 heavy (non-hydrogen) atoms. The van der Waals surface area contributed by atoms with E-state index in [1.807, 2.05) is 0 Å². The van der Waals surface area contributed by atoms with Gasteiger partial charge in [-0.3, -0.25) is 0 Å². The van der Waals surface area contributed by atoms with Gasteiger partial charge in [-0.2, -0.15) is 0 Å². The fourth-order valence-corrected chi connectivity index (χ4v) is 3.02. The van der Waals surface area contributed by atoms with E-state index in [4.69, 9.17) is 0 Å². The first-order valence-electron chi connectivity index (χ1n) is 7.05. The van der Waals surface area contributed by atoms with E-state index in [2.05, 4.69) is 69.3 Å². The Morgan fingerprint density at radius 2 is 1.63 bits per heavy atom. The Labute approximate surface area is 115 Å². The largest absolute Gasteiger partial charge is 0.0683 e. The van der Waals surface area contributed by atoms with Gasteiger partial charge in [0.2, 0.25) is 0 Å². The van der Waals surface area contributed by atoms with Crippen LogP contribution in [0, 0.1) is 0 Å². The summed E-state index contributed by atoms with van der Waals surface area (Å²) < 4.78 is 0. The van der Waals surface area contributed by atoms with Crippen LogP contribution in [-0.4, -0.2) is 0 Å². The van der Waals surface area contributed by atoms with Gasteiger partial charge in [0, 0.05) is 0 Å². The van der Waals surface area contributed by atoms with Crippen LogP contribution in [0.1, 0.15) is 43.4 Å². The van der Waals surface area contributed by atoms with E-state index in [1.165, 1.54) is 33.4 Å². The predicted octanol–water partition coefficient (Wildman–Crippen LogP) is 5.44. The molecular weight excluding hydrogens is 228 g/mol. The summed E-state index contributed by atoms with van der Waals surface area (Å²) in [5.41, 5.74) is 8.57. The average Bonchev–Trinajstić information content (AvgIpc) is 2.78. The summed E-state index contributed by atoms with van der Waals surface area (Å²) >= 11 is 0. The molecule has 0 unspecified atom stereocenters. The molecule has 3 rings (SSSR count). The molecule has 96 valence electrons. The van der Waals surface area contributed by atoms with Crippen LogP contribution in [0.4, 0.5) is 0 Å². The zero-order chi connectivity index (χ0) is 13.4. The van der Waals surface area contributed by atoms with Crippen molar-refractivity contribution in [3.8, 4) is 11.1 Å². The molecule has 0 radical (unpaired) electrons. The molecule has 0 atom stereocenters. The van der Waals surface area contributed by atoms with E-state index in [1.54, 1.807) is 0 Å². The monoisotopic (exact) mass is 248 g/mol. The summed E-state index contributed by atoms with van der Waals surface area (Å²) in [4.78, 5) is 0. The molecule has 0 N–H and O–H groups in total. The summed E-state index contributed by atoms with van der Waals surface area (Å²) in [6.45, 7) is 6.75. The van der Waals surface area contributed by atoms with E-state index in [0.29, 0.717) is 5.92 Å². The molecule has 1 aliphatic carbocycles. The predicted molar refractivity (Wildman–Crippen MR) is 83.3 cm³/mol. The van der Waals surface area contributed by atoms with Crippen LogP contribution in [0.5, 0.6) is 0 Å². The van der Waals surface area contributed by atoms with Crippen molar-refractivity contribution >= 4 is 6.08 Å². The highest BCUT2D eigenvalue weighted by Crippen LogP contribution is 2.37. The fourth-order valence-electron chi connectivity index (χ4n) is 3.02. The molecule has 0 bridgehead atoms. The van der Waals surface area contributed by atoms with Gasteiger partial charge in [0.25, 0.3) is 0 Å². The quantitative estimate of drug-likeness (QED) is 0.664. The number of allylic oxidation sites excluding steroid dienone is 1. The first-order valence-corrected chi connectivity index (χ1v) is 7.05. The Balaban J connectivity index is 2.22. The third kappa shape index (κ3) is 2.12. The van der Waals surface area contributed by atoms with Crippen LogP contribution < -0.4 is 0 Å². The van der Waals surface area contributed by atoms with Gasteiger partial charge in [-0.1, -0.05) is 68.0 Å². The number of hydrogen-bond donors (Lipinski definition) is 0. The van der Waals surface area contributed by atoms with Gasteiger partial charge in [0.1, 0.15) is 0 Å². The third-order valence-electron chi connectivity index (χ3n) is 3.93. The zero-order valence-electron chi connectivity index (χ0n) is 11.9. The van der Waals surface area contributed by atoms with Gasteiger partial charge < -0.3 is 0 Å². The highest BCUT2D eigenvalue weighted by molar-refractivity contribution is 5.82. The fraction of sp³-hybridized carbons (Fsp3) is 0.263. The second-order valence-corrected chi connectivity index (χ2v) is 5.79. The standard InChI is InChI=1S/C19H20/c1-13(2)16-8-4-5-9-17(16)18-10-6-7-15-11-14(3)12-19(15)18/h4-10,12-13H,11H2,1-3H3. The van der Waals surface area contributed by atoms with E-state index in [-0.39, 0.29) is 0 Å². The van der Waals surface area contributed by atoms with Crippen LogP contribution in [-0.2, 0) is 6.42 Å². The van der Waals surface area contributed by atoms with Crippen LogP contribution in [0.15, 0.2) is 48.0 Å². The van der Waals surface area contributed by atoms with Crippen molar-refractivity contribution in [2.24, 2.45) is 0 Å².